The zero-order valence-corrected chi connectivity index (χ0v) is 15.6. The molecule has 144 valence electrons. The quantitative estimate of drug-likeness (QED) is 0.778. The van der Waals surface area contributed by atoms with Crippen LogP contribution in [0.1, 0.15) is 26.3 Å². The summed E-state index contributed by atoms with van der Waals surface area (Å²) in [5, 5.41) is 20.9. The molecule has 27 heavy (non-hydrogen) atoms. The van der Waals surface area contributed by atoms with Gasteiger partial charge in [-0.15, -0.1) is 5.10 Å². The average Bonchev–Trinajstić information content (AvgIpc) is 3.28. The second kappa shape index (κ2) is 7.83. The summed E-state index contributed by atoms with van der Waals surface area (Å²) in [6.45, 7) is 3.96. The Kier molecular flexibility index (Phi) is 5.50. The topological polar surface area (TPSA) is 113 Å². The number of likely N-dealkylation sites (tertiary alicyclic amines) is 1. The summed E-state index contributed by atoms with van der Waals surface area (Å²) in [5.74, 6) is -0.604. The molecule has 1 aliphatic rings. The average molecular weight is 372 g/mol. The van der Waals surface area contributed by atoms with E-state index in [1.165, 1.54) is 16.6 Å². The SMILES string of the molecule is CNC(=O)[C@H]1CC(O)CN1C(=O)C(C(C)C)n1cc(-c2ccncc2)nn1. The van der Waals surface area contributed by atoms with Crippen LogP contribution in [-0.2, 0) is 9.59 Å². The van der Waals surface area contributed by atoms with Gasteiger partial charge in [-0.1, -0.05) is 19.1 Å². The fourth-order valence-electron chi connectivity index (χ4n) is 3.41. The van der Waals surface area contributed by atoms with Crippen LogP contribution in [0.2, 0.25) is 0 Å². The maximum absolute atomic E-state index is 13.2. The van der Waals surface area contributed by atoms with Crippen molar-refractivity contribution in [2.75, 3.05) is 13.6 Å². The number of carbonyl (C=O) groups excluding carboxylic acids is 2. The molecule has 2 N–H and O–H groups in total. The number of hydrogen-bond donors (Lipinski definition) is 2. The first-order valence-corrected chi connectivity index (χ1v) is 8.94. The van der Waals surface area contributed by atoms with Crippen molar-refractivity contribution in [3.63, 3.8) is 0 Å². The van der Waals surface area contributed by atoms with E-state index < -0.39 is 18.2 Å². The van der Waals surface area contributed by atoms with Gasteiger partial charge in [-0.25, -0.2) is 4.68 Å². The number of likely N-dealkylation sites (N-methyl/N-ethyl adjacent to an activating group) is 1. The highest BCUT2D eigenvalue weighted by Crippen LogP contribution is 2.27. The molecular formula is C18H24N6O3. The van der Waals surface area contributed by atoms with Crippen molar-refractivity contribution < 1.29 is 14.7 Å². The van der Waals surface area contributed by atoms with Crippen molar-refractivity contribution in [3.8, 4) is 11.3 Å². The Balaban J connectivity index is 1.88. The first-order valence-electron chi connectivity index (χ1n) is 8.94. The second-order valence-corrected chi connectivity index (χ2v) is 7.02. The Morgan fingerprint density at radius 3 is 2.63 bits per heavy atom. The number of carbonyl (C=O) groups is 2. The number of aromatic nitrogens is 4. The van der Waals surface area contributed by atoms with E-state index in [-0.39, 0.29) is 30.7 Å². The monoisotopic (exact) mass is 372 g/mol. The third-order valence-corrected chi connectivity index (χ3v) is 4.77. The Bertz CT molecular complexity index is 806. The number of aliphatic hydroxyl groups excluding tert-OH is 1. The van der Waals surface area contributed by atoms with Crippen molar-refractivity contribution in [3.05, 3.63) is 30.7 Å². The molecule has 1 saturated heterocycles. The summed E-state index contributed by atoms with van der Waals surface area (Å²) in [7, 11) is 1.52. The predicted octanol–water partition coefficient (Wildman–Crippen LogP) is 0.245. The standard InChI is InChI=1S/C18H24N6O3/c1-11(2)16(18(27)23-9-13(25)8-15(23)17(26)19-3)24-10-14(21-22-24)12-4-6-20-7-5-12/h4-7,10-11,13,15-16,25H,8-9H2,1-3H3,(H,19,26)/t13?,15-,16?/m1/s1. The lowest BCUT2D eigenvalue weighted by Gasteiger charge is -2.29. The van der Waals surface area contributed by atoms with E-state index in [1.807, 2.05) is 26.0 Å². The molecular weight excluding hydrogens is 348 g/mol. The van der Waals surface area contributed by atoms with E-state index in [1.54, 1.807) is 18.6 Å². The number of nitrogens with zero attached hydrogens (tertiary/aromatic N) is 5. The second-order valence-electron chi connectivity index (χ2n) is 7.02. The molecule has 0 saturated carbocycles. The zero-order chi connectivity index (χ0) is 19.6. The first-order chi connectivity index (χ1) is 12.9. The van der Waals surface area contributed by atoms with Gasteiger partial charge in [0.2, 0.25) is 11.8 Å². The maximum atomic E-state index is 13.2. The van der Waals surface area contributed by atoms with Crippen molar-refractivity contribution in [2.24, 2.45) is 5.92 Å². The number of aliphatic hydroxyl groups is 1. The molecule has 1 fully saturated rings. The lowest BCUT2D eigenvalue weighted by Crippen LogP contribution is -2.48. The summed E-state index contributed by atoms with van der Waals surface area (Å²) in [4.78, 5) is 30.8. The number of amides is 2. The van der Waals surface area contributed by atoms with Crippen LogP contribution in [0.3, 0.4) is 0 Å². The molecule has 3 heterocycles. The highest BCUT2D eigenvalue weighted by Gasteiger charge is 2.42. The molecule has 9 heteroatoms. The predicted molar refractivity (Wildman–Crippen MR) is 97.3 cm³/mol. The Hall–Kier alpha value is -2.81. The van der Waals surface area contributed by atoms with Crippen LogP contribution in [0.4, 0.5) is 0 Å². The maximum Gasteiger partial charge on any atom is 0.248 e. The normalized spacial score (nSPS) is 20.7. The van der Waals surface area contributed by atoms with Gasteiger partial charge in [0, 0.05) is 38.0 Å². The summed E-state index contributed by atoms with van der Waals surface area (Å²) < 4.78 is 1.54. The van der Waals surface area contributed by atoms with Crippen LogP contribution in [0, 0.1) is 5.92 Å². The fraction of sp³-hybridized carbons (Fsp3) is 0.500. The van der Waals surface area contributed by atoms with Gasteiger partial charge in [0.05, 0.1) is 12.3 Å². The number of nitrogens with one attached hydrogen (secondary N) is 1. The number of β-amino-alcohol motifs (C(OH)–C–C–N with tert-alkyl or cyclic N) is 1. The highest BCUT2D eigenvalue weighted by atomic mass is 16.3. The van der Waals surface area contributed by atoms with Crippen LogP contribution in [0.15, 0.2) is 30.7 Å². The van der Waals surface area contributed by atoms with Gasteiger partial charge in [-0.3, -0.25) is 14.6 Å². The van der Waals surface area contributed by atoms with E-state index in [4.69, 9.17) is 0 Å². The minimum Gasteiger partial charge on any atom is -0.391 e. The molecule has 0 radical (unpaired) electrons. The summed E-state index contributed by atoms with van der Waals surface area (Å²) in [6.07, 6.45) is 4.57. The molecule has 0 aromatic carbocycles. The van der Waals surface area contributed by atoms with Gasteiger partial charge in [0.25, 0.3) is 0 Å². The molecule has 1 aliphatic heterocycles. The van der Waals surface area contributed by atoms with Crippen LogP contribution in [0.25, 0.3) is 11.3 Å². The van der Waals surface area contributed by atoms with Crippen LogP contribution < -0.4 is 5.32 Å². The molecule has 3 atom stereocenters. The van der Waals surface area contributed by atoms with E-state index in [0.29, 0.717) is 5.69 Å². The Morgan fingerprint density at radius 2 is 2.00 bits per heavy atom. The smallest absolute Gasteiger partial charge is 0.248 e. The number of pyridine rings is 1. The Morgan fingerprint density at radius 1 is 1.30 bits per heavy atom. The molecule has 0 spiro atoms. The van der Waals surface area contributed by atoms with E-state index >= 15 is 0 Å². The van der Waals surface area contributed by atoms with Gasteiger partial charge >= 0.3 is 0 Å². The molecule has 2 aromatic rings. The molecule has 0 aliphatic carbocycles. The molecule has 9 nitrogen and oxygen atoms in total. The third kappa shape index (κ3) is 3.82. The van der Waals surface area contributed by atoms with Crippen molar-refractivity contribution in [1.82, 2.24) is 30.2 Å². The summed E-state index contributed by atoms with van der Waals surface area (Å²) in [6, 6.07) is 2.34. The third-order valence-electron chi connectivity index (χ3n) is 4.77. The lowest BCUT2D eigenvalue weighted by molar-refractivity contribution is -0.142. The number of hydrogen-bond acceptors (Lipinski definition) is 6. The van der Waals surface area contributed by atoms with Gasteiger partial charge in [-0.2, -0.15) is 0 Å². The fourth-order valence-corrected chi connectivity index (χ4v) is 3.41. The minimum atomic E-state index is -0.716. The van der Waals surface area contributed by atoms with E-state index in [0.717, 1.165) is 5.56 Å². The number of rotatable bonds is 5. The summed E-state index contributed by atoms with van der Waals surface area (Å²) >= 11 is 0. The molecule has 0 bridgehead atoms. The van der Waals surface area contributed by atoms with E-state index in [9.17, 15) is 14.7 Å². The van der Waals surface area contributed by atoms with Crippen LogP contribution in [0.5, 0.6) is 0 Å². The van der Waals surface area contributed by atoms with Crippen LogP contribution in [-0.4, -0.2) is 67.5 Å². The van der Waals surface area contributed by atoms with E-state index in [2.05, 4.69) is 20.6 Å². The summed E-state index contributed by atoms with van der Waals surface area (Å²) in [5.41, 5.74) is 1.49. The lowest BCUT2D eigenvalue weighted by atomic mass is 10.0. The Labute approximate surface area is 157 Å². The van der Waals surface area contributed by atoms with Crippen molar-refractivity contribution in [2.45, 2.75) is 38.5 Å². The molecule has 2 aromatic heterocycles. The van der Waals surface area contributed by atoms with Crippen LogP contribution >= 0.6 is 0 Å². The highest BCUT2D eigenvalue weighted by molar-refractivity contribution is 5.90. The molecule has 2 amide bonds. The van der Waals surface area contributed by atoms with Crippen molar-refractivity contribution in [1.29, 1.82) is 0 Å². The minimum absolute atomic E-state index is 0.0763. The molecule has 3 rings (SSSR count). The van der Waals surface area contributed by atoms with Gasteiger partial charge in [-0.05, 0) is 18.1 Å². The first kappa shape index (κ1) is 19.0. The molecule has 2 unspecified atom stereocenters. The zero-order valence-electron chi connectivity index (χ0n) is 15.6. The largest absolute Gasteiger partial charge is 0.391 e. The van der Waals surface area contributed by atoms with Gasteiger partial charge < -0.3 is 15.3 Å². The van der Waals surface area contributed by atoms with Crippen molar-refractivity contribution >= 4 is 11.8 Å². The van der Waals surface area contributed by atoms with Gasteiger partial charge in [0.15, 0.2) is 0 Å². The van der Waals surface area contributed by atoms with Gasteiger partial charge in [0.1, 0.15) is 17.8 Å².